The van der Waals surface area contributed by atoms with Crippen molar-refractivity contribution in [2.45, 2.75) is 6.04 Å². The van der Waals surface area contributed by atoms with Crippen LogP contribution in [-0.4, -0.2) is 18.1 Å². The summed E-state index contributed by atoms with van der Waals surface area (Å²) in [6.07, 6.45) is 0. The molecule has 1 aromatic carbocycles. The molecular formula is C10H12ClNS. The van der Waals surface area contributed by atoms with Crippen molar-refractivity contribution in [3.05, 3.63) is 34.9 Å². The van der Waals surface area contributed by atoms with Gasteiger partial charge in [0.15, 0.2) is 0 Å². The van der Waals surface area contributed by atoms with Gasteiger partial charge in [0, 0.05) is 29.1 Å². The van der Waals surface area contributed by atoms with Crippen molar-refractivity contribution in [3.63, 3.8) is 0 Å². The average Bonchev–Trinajstić information content (AvgIpc) is 2.20. The van der Waals surface area contributed by atoms with Gasteiger partial charge in [-0.2, -0.15) is 11.8 Å². The van der Waals surface area contributed by atoms with E-state index in [1.807, 2.05) is 30.0 Å². The highest BCUT2D eigenvalue weighted by Gasteiger charge is 2.16. The van der Waals surface area contributed by atoms with Crippen molar-refractivity contribution in [3.8, 4) is 0 Å². The van der Waals surface area contributed by atoms with Crippen LogP contribution in [0.4, 0.5) is 0 Å². The molecule has 0 saturated carbocycles. The van der Waals surface area contributed by atoms with Crippen LogP contribution in [0.15, 0.2) is 24.3 Å². The molecule has 1 aliphatic heterocycles. The Balaban J connectivity index is 2.18. The summed E-state index contributed by atoms with van der Waals surface area (Å²) in [5, 5.41) is 4.35. The molecule has 0 aliphatic carbocycles. The van der Waals surface area contributed by atoms with E-state index in [2.05, 4.69) is 11.4 Å². The van der Waals surface area contributed by atoms with Gasteiger partial charge < -0.3 is 5.32 Å². The van der Waals surface area contributed by atoms with Gasteiger partial charge in [-0.25, -0.2) is 0 Å². The molecule has 1 aromatic rings. The Morgan fingerprint density at radius 1 is 1.38 bits per heavy atom. The van der Waals surface area contributed by atoms with Gasteiger partial charge in [-0.1, -0.05) is 29.8 Å². The summed E-state index contributed by atoms with van der Waals surface area (Å²) < 4.78 is 0. The van der Waals surface area contributed by atoms with Gasteiger partial charge in [-0.05, 0) is 11.6 Å². The van der Waals surface area contributed by atoms with Crippen molar-refractivity contribution < 1.29 is 0 Å². The van der Waals surface area contributed by atoms with Gasteiger partial charge >= 0.3 is 0 Å². The van der Waals surface area contributed by atoms with E-state index in [0.717, 1.165) is 17.3 Å². The van der Waals surface area contributed by atoms with Crippen molar-refractivity contribution in [1.82, 2.24) is 5.32 Å². The van der Waals surface area contributed by atoms with Crippen LogP contribution in [0.2, 0.25) is 5.02 Å². The number of thioether (sulfide) groups is 1. The molecule has 1 heterocycles. The number of benzene rings is 1. The first-order valence-electron chi connectivity index (χ1n) is 4.43. The van der Waals surface area contributed by atoms with Crippen LogP contribution >= 0.6 is 23.4 Å². The van der Waals surface area contributed by atoms with Crippen molar-refractivity contribution in [2.75, 3.05) is 18.1 Å². The van der Waals surface area contributed by atoms with E-state index >= 15 is 0 Å². The van der Waals surface area contributed by atoms with E-state index in [0.29, 0.717) is 6.04 Å². The summed E-state index contributed by atoms with van der Waals surface area (Å²) in [5.41, 5.74) is 1.23. The molecule has 2 rings (SSSR count). The zero-order chi connectivity index (χ0) is 9.10. The van der Waals surface area contributed by atoms with E-state index in [9.17, 15) is 0 Å². The Labute approximate surface area is 87.9 Å². The Kier molecular flexibility index (Phi) is 3.14. The summed E-state index contributed by atoms with van der Waals surface area (Å²) in [4.78, 5) is 0. The minimum atomic E-state index is 0.437. The van der Waals surface area contributed by atoms with Crippen LogP contribution in [-0.2, 0) is 0 Å². The molecule has 1 atom stereocenters. The van der Waals surface area contributed by atoms with Crippen LogP contribution in [0.25, 0.3) is 0 Å². The third-order valence-electron chi connectivity index (χ3n) is 2.20. The zero-order valence-electron chi connectivity index (χ0n) is 7.29. The third-order valence-corrected chi connectivity index (χ3v) is 3.61. The lowest BCUT2D eigenvalue weighted by molar-refractivity contribution is 0.595. The molecule has 0 spiro atoms. The lowest BCUT2D eigenvalue weighted by Gasteiger charge is -2.24. The SMILES string of the molecule is Clc1ccccc1[C@H]1CSCCN1. The van der Waals surface area contributed by atoms with Crippen LogP contribution in [0.1, 0.15) is 11.6 Å². The van der Waals surface area contributed by atoms with E-state index in [4.69, 9.17) is 11.6 Å². The molecule has 1 nitrogen and oxygen atoms in total. The Morgan fingerprint density at radius 3 is 2.92 bits per heavy atom. The van der Waals surface area contributed by atoms with Gasteiger partial charge in [0.05, 0.1) is 0 Å². The summed E-state index contributed by atoms with van der Waals surface area (Å²) >= 11 is 8.09. The predicted molar refractivity (Wildman–Crippen MR) is 59.5 cm³/mol. The number of halogens is 1. The topological polar surface area (TPSA) is 12.0 Å². The summed E-state index contributed by atoms with van der Waals surface area (Å²) in [6.45, 7) is 1.08. The summed E-state index contributed by atoms with van der Waals surface area (Å²) in [7, 11) is 0. The number of hydrogen-bond donors (Lipinski definition) is 1. The number of hydrogen-bond acceptors (Lipinski definition) is 2. The molecule has 0 bridgehead atoms. The molecular weight excluding hydrogens is 202 g/mol. The predicted octanol–water partition coefficient (Wildman–Crippen LogP) is 2.72. The zero-order valence-corrected chi connectivity index (χ0v) is 8.87. The third kappa shape index (κ3) is 2.19. The van der Waals surface area contributed by atoms with E-state index in [1.165, 1.54) is 11.3 Å². The van der Waals surface area contributed by atoms with E-state index in [-0.39, 0.29) is 0 Å². The molecule has 1 aliphatic rings. The molecule has 0 radical (unpaired) electrons. The summed E-state index contributed by atoms with van der Waals surface area (Å²) in [5.74, 6) is 2.34. The molecule has 1 fully saturated rings. The smallest absolute Gasteiger partial charge is 0.0454 e. The highest BCUT2D eigenvalue weighted by molar-refractivity contribution is 7.99. The Morgan fingerprint density at radius 2 is 2.23 bits per heavy atom. The van der Waals surface area contributed by atoms with Gasteiger partial charge in [-0.15, -0.1) is 0 Å². The fourth-order valence-electron chi connectivity index (χ4n) is 1.52. The standard InChI is InChI=1S/C10H12ClNS/c11-9-4-2-1-3-8(9)10-7-13-6-5-12-10/h1-4,10,12H,5-7H2/t10-/m1/s1. The molecule has 0 unspecified atom stereocenters. The lowest BCUT2D eigenvalue weighted by atomic mass is 10.1. The fraction of sp³-hybridized carbons (Fsp3) is 0.400. The highest BCUT2D eigenvalue weighted by Crippen LogP contribution is 2.27. The Bertz CT molecular complexity index is 284. The molecule has 70 valence electrons. The van der Waals surface area contributed by atoms with Crippen LogP contribution < -0.4 is 5.32 Å². The first kappa shape index (κ1) is 9.38. The molecule has 3 heteroatoms. The second kappa shape index (κ2) is 4.36. The van der Waals surface area contributed by atoms with Gasteiger partial charge in [0.2, 0.25) is 0 Å². The lowest BCUT2D eigenvalue weighted by Crippen LogP contribution is -2.30. The minimum Gasteiger partial charge on any atom is -0.308 e. The van der Waals surface area contributed by atoms with E-state index in [1.54, 1.807) is 0 Å². The molecule has 1 saturated heterocycles. The molecule has 0 aromatic heterocycles. The maximum Gasteiger partial charge on any atom is 0.0454 e. The van der Waals surface area contributed by atoms with Gasteiger partial charge in [0.25, 0.3) is 0 Å². The normalized spacial score (nSPS) is 23.0. The second-order valence-electron chi connectivity index (χ2n) is 3.10. The molecule has 13 heavy (non-hydrogen) atoms. The Hall–Kier alpha value is -0.180. The van der Waals surface area contributed by atoms with Crippen LogP contribution in [0, 0.1) is 0 Å². The summed E-state index contributed by atoms with van der Waals surface area (Å²) in [6, 6.07) is 8.51. The highest BCUT2D eigenvalue weighted by atomic mass is 35.5. The quantitative estimate of drug-likeness (QED) is 0.770. The maximum atomic E-state index is 6.11. The average molecular weight is 214 g/mol. The van der Waals surface area contributed by atoms with Crippen molar-refractivity contribution in [1.29, 1.82) is 0 Å². The molecule has 0 amide bonds. The van der Waals surface area contributed by atoms with Crippen molar-refractivity contribution >= 4 is 23.4 Å². The fourth-order valence-corrected chi connectivity index (χ4v) is 2.75. The van der Waals surface area contributed by atoms with Crippen molar-refractivity contribution in [2.24, 2.45) is 0 Å². The van der Waals surface area contributed by atoms with Crippen LogP contribution in [0.3, 0.4) is 0 Å². The minimum absolute atomic E-state index is 0.437. The monoisotopic (exact) mass is 213 g/mol. The first-order chi connectivity index (χ1) is 6.38. The second-order valence-corrected chi connectivity index (χ2v) is 4.66. The number of rotatable bonds is 1. The maximum absolute atomic E-state index is 6.11. The largest absolute Gasteiger partial charge is 0.308 e. The van der Waals surface area contributed by atoms with Gasteiger partial charge in [0.1, 0.15) is 0 Å². The van der Waals surface area contributed by atoms with Crippen LogP contribution in [0.5, 0.6) is 0 Å². The molecule has 1 N–H and O–H groups in total. The number of nitrogens with one attached hydrogen (secondary N) is 1. The van der Waals surface area contributed by atoms with Gasteiger partial charge in [-0.3, -0.25) is 0 Å². The van der Waals surface area contributed by atoms with E-state index < -0.39 is 0 Å². The first-order valence-corrected chi connectivity index (χ1v) is 5.97.